The number of carbonyl (C=O) groups excluding carboxylic acids is 2. The molecule has 0 unspecified atom stereocenters. The number of ether oxygens (including phenoxy) is 3. The van der Waals surface area contributed by atoms with Gasteiger partial charge in [-0.2, -0.15) is 0 Å². The van der Waals surface area contributed by atoms with Gasteiger partial charge < -0.3 is 14.2 Å². The normalized spacial score (nSPS) is 11.4. The van der Waals surface area contributed by atoms with Crippen LogP contribution in [0.1, 0.15) is 28.4 Å². The minimum atomic E-state index is -0.594. The molecule has 0 saturated heterocycles. The maximum absolute atomic E-state index is 12.5. The van der Waals surface area contributed by atoms with Crippen LogP contribution in [0.3, 0.4) is 0 Å². The van der Waals surface area contributed by atoms with Crippen molar-refractivity contribution in [1.82, 2.24) is 0 Å². The minimum absolute atomic E-state index is 0.239. The Hall–Kier alpha value is -3.60. The fraction of sp³-hybridized carbons (Fsp3) is 0.200. The van der Waals surface area contributed by atoms with Crippen LogP contribution in [0.15, 0.2) is 66.7 Å². The first-order chi connectivity index (χ1) is 14.6. The second-order valence-corrected chi connectivity index (χ2v) is 6.98. The van der Waals surface area contributed by atoms with Gasteiger partial charge in [-0.1, -0.05) is 36.4 Å². The van der Waals surface area contributed by atoms with Crippen LogP contribution < -0.4 is 9.47 Å². The Labute approximate surface area is 175 Å². The highest BCUT2D eigenvalue weighted by Crippen LogP contribution is 2.36. The number of ketones is 1. The number of carbonyl (C=O) groups is 2. The Bertz CT molecular complexity index is 1070. The van der Waals surface area contributed by atoms with E-state index in [2.05, 4.69) is 12.1 Å². The lowest BCUT2D eigenvalue weighted by atomic mass is 10.0. The molecule has 3 aromatic rings. The average molecular weight is 402 g/mol. The van der Waals surface area contributed by atoms with Gasteiger partial charge in [-0.3, -0.25) is 4.79 Å². The maximum Gasteiger partial charge on any atom is 0.344 e. The molecule has 1 aliphatic rings. The Morgan fingerprint density at radius 1 is 0.800 bits per heavy atom. The number of rotatable bonds is 8. The molecule has 0 radical (unpaired) electrons. The summed E-state index contributed by atoms with van der Waals surface area (Å²) in [5, 5.41) is 0. The van der Waals surface area contributed by atoms with Crippen molar-refractivity contribution in [2.75, 3.05) is 19.8 Å². The summed E-state index contributed by atoms with van der Waals surface area (Å²) in [4.78, 5) is 24.5. The summed E-state index contributed by atoms with van der Waals surface area (Å²) in [5.41, 5.74) is 5.22. The fourth-order valence-corrected chi connectivity index (χ4v) is 3.51. The lowest BCUT2D eigenvalue weighted by Gasteiger charge is -2.09. The summed E-state index contributed by atoms with van der Waals surface area (Å²) in [5.74, 6) is 0.425. The van der Waals surface area contributed by atoms with Gasteiger partial charge in [0.05, 0.1) is 6.61 Å². The molecule has 0 fully saturated rings. The number of esters is 1. The van der Waals surface area contributed by atoms with Gasteiger partial charge in [0, 0.05) is 5.56 Å². The van der Waals surface area contributed by atoms with Crippen LogP contribution in [0.2, 0.25) is 0 Å². The Kier molecular flexibility index (Phi) is 5.80. The number of fused-ring (bicyclic) bond motifs is 3. The van der Waals surface area contributed by atoms with E-state index in [-0.39, 0.29) is 19.0 Å². The molecule has 5 nitrogen and oxygen atoms in total. The van der Waals surface area contributed by atoms with Crippen LogP contribution in [-0.2, 0) is 16.0 Å². The van der Waals surface area contributed by atoms with Crippen molar-refractivity contribution in [2.45, 2.75) is 13.3 Å². The number of Topliss-reactive ketones (excluding diaryl/α,β-unsaturated/α-hetero) is 1. The molecular weight excluding hydrogens is 380 g/mol. The molecule has 0 N–H and O–H groups in total. The lowest BCUT2D eigenvalue weighted by molar-refractivity contribution is -0.144. The second kappa shape index (κ2) is 8.82. The molecule has 0 spiro atoms. The monoisotopic (exact) mass is 402 g/mol. The van der Waals surface area contributed by atoms with Gasteiger partial charge in [0.15, 0.2) is 19.0 Å². The Morgan fingerprint density at radius 3 is 2.27 bits per heavy atom. The van der Waals surface area contributed by atoms with E-state index in [1.807, 2.05) is 31.2 Å². The molecular formula is C25H22O5. The molecule has 4 rings (SSSR count). The van der Waals surface area contributed by atoms with E-state index in [0.717, 1.165) is 23.3 Å². The Balaban J connectivity index is 1.30. The van der Waals surface area contributed by atoms with E-state index in [1.165, 1.54) is 11.1 Å². The predicted molar refractivity (Wildman–Crippen MR) is 113 cm³/mol. The smallest absolute Gasteiger partial charge is 0.344 e. The minimum Gasteiger partial charge on any atom is -0.494 e. The quantitative estimate of drug-likeness (QED) is 0.322. The highest BCUT2D eigenvalue weighted by atomic mass is 16.6. The van der Waals surface area contributed by atoms with Crippen molar-refractivity contribution in [3.8, 4) is 22.6 Å². The zero-order chi connectivity index (χ0) is 20.9. The van der Waals surface area contributed by atoms with E-state index in [0.29, 0.717) is 17.9 Å². The highest BCUT2D eigenvalue weighted by molar-refractivity contribution is 5.99. The summed E-state index contributed by atoms with van der Waals surface area (Å²) in [7, 11) is 0. The molecule has 0 aromatic heterocycles. The van der Waals surface area contributed by atoms with Gasteiger partial charge in [-0.25, -0.2) is 4.79 Å². The summed E-state index contributed by atoms with van der Waals surface area (Å²) < 4.78 is 15.8. The summed E-state index contributed by atoms with van der Waals surface area (Å²) in [6.07, 6.45) is 0.873. The van der Waals surface area contributed by atoms with Crippen LogP contribution in [-0.4, -0.2) is 31.6 Å². The van der Waals surface area contributed by atoms with E-state index in [9.17, 15) is 9.59 Å². The molecule has 0 aliphatic heterocycles. The van der Waals surface area contributed by atoms with Gasteiger partial charge in [-0.05, 0) is 65.9 Å². The highest BCUT2D eigenvalue weighted by Gasteiger charge is 2.20. The third-order valence-electron chi connectivity index (χ3n) is 4.98. The molecule has 1 aliphatic carbocycles. The van der Waals surface area contributed by atoms with Crippen molar-refractivity contribution in [1.29, 1.82) is 0 Å². The van der Waals surface area contributed by atoms with Gasteiger partial charge in [0.1, 0.15) is 11.5 Å². The third kappa shape index (κ3) is 4.35. The summed E-state index contributed by atoms with van der Waals surface area (Å²) >= 11 is 0. The fourth-order valence-electron chi connectivity index (χ4n) is 3.51. The molecule has 0 amide bonds. The van der Waals surface area contributed by atoms with Crippen molar-refractivity contribution < 1.29 is 23.8 Å². The predicted octanol–water partition coefficient (Wildman–Crippen LogP) is 4.46. The standard InChI is InChI=1S/C25H22O5/c1-2-28-20-9-11-21(12-10-20)29-16-25(27)30-15-24(26)19-8-7-18-13-17-5-3-4-6-22(17)23(18)14-19/h3-12,14H,2,13,15-16H2,1H3. The SMILES string of the molecule is CCOc1ccc(OCC(=O)OCC(=O)c2ccc3c(c2)-c2ccccc2C3)cc1. The van der Waals surface area contributed by atoms with Crippen molar-refractivity contribution in [3.63, 3.8) is 0 Å². The van der Waals surface area contributed by atoms with E-state index in [1.54, 1.807) is 30.3 Å². The van der Waals surface area contributed by atoms with E-state index >= 15 is 0 Å². The van der Waals surface area contributed by atoms with Crippen molar-refractivity contribution in [2.24, 2.45) is 0 Å². The van der Waals surface area contributed by atoms with Crippen molar-refractivity contribution >= 4 is 11.8 Å². The molecule has 3 aromatic carbocycles. The lowest BCUT2D eigenvalue weighted by Crippen LogP contribution is -2.19. The van der Waals surface area contributed by atoms with Gasteiger partial charge >= 0.3 is 5.97 Å². The van der Waals surface area contributed by atoms with E-state index < -0.39 is 5.97 Å². The largest absolute Gasteiger partial charge is 0.494 e. The third-order valence-corrected chi connectivity index (χ3v) is 4.98. The van der Waals surface area contributed by atoms with Crippen molar-refractivity contribution in [3.05, 3.63) is 83.4 Å². The molecule has 152 valence electrons. The molecule has 0 bridgehead atoms. The number of benzene rings is 3. The topological polar surface area (TPSA) is 61.8 Å². The van der Waals surface area contributed by atoms with E-state index in [4.69, 9.17) is 14.2 Å². The number of hydrogen-bond acceptors (Lipinski definition) is 5. The first-order valence-electron chi connectivity index (χ1n) is 9.89. The summed E-state index contributed by atoms with van der Waals surface area (Å²) in [6.45, 7) is 1.91. The van der Waals surface area contributed by atoms with Crippen LogP contribution in [0.25, 0.3) is 11.1 Å². The molecule has 0 saturated carbocycles. The van der Waals surface area contributed by atoms with Gasteiger partial charge in [-0.15, -0.1) is 0 Å². The molecule has 0 heterocycles. The number of hydrogen-bond donors (Lipinski definition) is 0. The van der Waals surface area contributed by atoms with Crippen LogP contribution >= 0.6 is 0 Å². The van der Waals surface area contributed by atoms with Gasteiger partial charge in [0.25, 0.3) is 0 Å². The van der Waals surface area contributed by atoms with Gasteiger partial charge in [0.2, 0.25) is 0 Å². The molecule has 0 atom stereocenters. The maximum atomic E-state index is 12.5. The Morgan fingerprint density at radius 2 is 1.50 bits per heavy atom. The van der Waals surface area contributed by atoms with Crippen LogP contribution in [0.4, 0.5) is 0 Å². The zero-order valence-electron chi connectivity index (χ0n) is 16.7. The molecule has 5 heteroatoms. The van der Waals surface area contributed by atoms with Crippen LogP contribution in [0.5, 0.6) is 11.5 Å². The average Bonchev–Trinajstić information content (AvgIpc) is 3.15. The molecule has 30 heavy (non-hydrogen) atoms. The van der Waals surface area contributed by atoms with Crippen LogP contribution in [0, 0.1) is 0 Å². The first-order valence-corrected chi connectivity index (χ1v) is 9.89. The second-order valence-electron chi connectivity index (χ2n) is 6.98. The summed E-state index contributed by atoms with van der Waals surface area (Å²) in [6, 6.07) is 20.8. The first kappa shape index (κ1) is 19.7. The zero-order valence-corrected chi connectivity index (χ0v) is 16.7.